The number of rotatable bonds is 8. The highest BCUT2D eigenvalue weighted by atomic mass is 16.5. The molecule has 0 spiro atoms. The van der Waals surface area contributed by atoms with Crippen LogP contribution in [0.1, 0.15) is 25.7 Å². The number of carboxylic acids is 1. The molecule has 0 bridgehead atoms. The van der Waals surface area contributed by atoms with E-state index in [0.717, 1.165) is 0 Å². The Balaban J connectivity index is 1.87. The summed E-state index contributed by atoms with van der Waals surface area (Å²) < 4.78 is 4.91. The van der Waals surface area contributed by atoms with Crippen LogP contribution in [0.15, 0.2) is 0 Å². The Bertz CT molecular complexity index is 328. The normalized spacial score (nSPS) is 18.4. The average molecular weight is 270 g/mol. The fourth-order valence-electron chi connectivity index (χ4n) is 2.38. The Labute approximate surface area is 113 Å². The molecule has 0 unspecified atom stereocenters. The number of ether oxygens (including phenoxy) is 1. The first-order chi connectivity index (χ1) is 9.11. The van der Waals surface area contributed by atoms with Gasteiger partial charge in [0.05, 0.1) is 6.61 Å². The highest BCUT2D eigenvalue weighted by molar-refractivity contribution is 5.80. The number of methoxy groups -OCH3 is 1. The molecule has 0 aromatic rings. The number of carboxylic acid groups (broad SMARTS) is 1. The summed E-state index contributed by atoms with van der Waals surface area (Å²) in [6.07, 6.45) is 4.72. The van der Waals surface area contributed by atoms with Gasteiger partial charge in [-0.15, -0.1) is 0 Å². The van der Waals surface area contributed by atoms with Gasteiger partial charge in [0.15, 0.2) is 0 Å². The summed E-state index contributed by atoms with van der Waals surface area (Å²) in [6.45, 7) is 0.367. The third-order valence-corrected chi connectivity index (χ3v) is 3.73. The molecule has 0 saturated heterocycles. The van der Waals surface area contributed by atoms with Crippen molar-refractivity contribution >= 4 is 12.0 Å². The van der Waals surface area contributed by atoms with Crippen LogP contribution in [0.3, 0.4) is 0 Å². The number of nitrogens with zero attached hydrogens (tertiary/aromatic N) is 1. The minimum atomic E-state index is -0.999. The molecule has 0 heterocycles. The summed E-state index contributed by atoms with van der Waals surface area (Å²) in [4.78, 5) is 24.3. The van der Waals surface area contributed by atoms with Gasteiger partial charge in [0.1, 0.15) is 6.54 Å². The summed E-state index contributed by atoms with van der Waals surface area (Å²) in [6, 6.07) is -0.0328. The van der Waals surface area contributed by atoms with E-state index in [1.54, 1.807) is 0 Å². The fraction of sp³-hybridized carbons (Fsp3) is 0.846. The zero-order chi connectivity index (χ0) is 13.8. The molecule has 2 rings (SSSR count). The highest BCUT2D eigenvalue weighted by Gasteiger charge is 2.42. The number of nitrogens with one attached hydrogen (secondary N) is 1. The van der Waals surface area contributed by atoms with Crippen molar-refractivity contribution in [3.05, 3.63) is 0 Å². The van der Waals surface area contributed by atoms with E-state index in [0.29, 0.717) is 25.0 Å². The van der Waals surface area contributed by atoms with Gasteiger partial charge < -0.3 is 20.1 Å². The van der Waals surface area contributed by atoms with Crippen LogP contribution in [0, 0.1) is 11.8 Å². The monoisotopic (exact) mass is 270 g/mol. The lowest BCUT2D eigenvalue weighted by Gasteiger charge is -2.25. The van der Waals surface area contributed by atoms with Crippen molar-refractivity contribution in [2.24, 2.45) is 11.8 Å². The summed E-state index contributed by atoms with van der Waals surface area (Å²) in [5, 5.41) is 11.9. The van der Waals surface area contributed by atoms with Crippen molar-refractivity contribution in [3.63, 3.8) is 0 Å². The molecule has 0 radical (unpaired) electrons. The first-order valence-electron chi connectivity index (χ1n) is 6.88. The lowest BCUT2D eigenvalue weighted by Crippen LogP contribution is -2.49. The van der Waals surface area contributed by atoms with Gasteiger partial charge in [-0.2, -0.15) is 0 Å². The second kappa shape index (κ2) is 6.23. The van der Waals surface area contributed by atoms with Gasteiger partial charge >= 0.3 is 12.0 Å². The molecule has 19 heavy (non-hydrogen) atoms. The van der Waals surface area contributed by atoms with Crippen LogP contribution in [0.25, 0.3) is 0 Å². The summed E-state index contributed by atoms with van der Waals surface area (Å²) >= 11 is 0. The van der Waals surface area contributed by atoms with E-state index in [2.05, 4.69) is 5.32 Å². The van der Waals surface area contributed by atoms with Crippen molar-refractivity contribution in [2.45, 2.75) is 31.7 Å². The second-order valence-electron chi connectivity index (χ2n) is 5.46. The number of hydrogen-bond acceptors (Lipinski definition) is 3. The predicted molar refractivity (Wildman–Crippen MR) is 68.9 cm³/mol. The molecular formula is C13H22N2O4. The smallest absolute Gasteiger partial charge is 0.323 e. The van der Waals surface area contributed by atoms with E-state index in [9.17, 15) is 9.59 Å². The van der Waals surface area contributed by atoms with Crippen molar-refractivity contribution in [1.82, 2.24) is 10.2 Å². The Kier molecular flexibility index (Phi) is 4.63. The molecule has 0 aromatic carbocycles. The number of carbonyl (C=O) groups is 2. The van der Waals surface area contributed by atoms with E-state index >= 15 is 0 Å². The Hall–Kier alpha value is -1.30. The Morgan fingerprint density at radius 2 is 1.89 bits per heavy atom. The number of hydrogen-bond donors (Lipinski definition) is 2. The lowest BCUT2D eigenvalue weighted by atomic mass is 10.1. The maximum Gasteiger partial charge on any atom is 0.323 e. The van der Waals surface area contributed by atoms with Gasteiger partial charge in [-0.05, 0) is 37.5 Å². The molecule has 0 atom stereocenters. The SMILES string of the molecule is COCCN(CC(=O)O)C(=O)NC(C1CC1)C1CC1. The quantitative estimate of drug-likeness (QED) is 0.687. The van der Waals surface area contributed by atoms with E-state index in [1.165, 1.54) is 37.7 Å². The molecule has 0 aliphatic heterocycles. The molecule has 2 aliphatic rings. The molecule has 2 saturated carbocycles. The van der Waals surface area contributed by atoms with Crippen LogP contribution in [0.5, 0.6) is 0 Å². The van der Waals surface area contributed by atoms with Crippen LogP contribution in [-0.2, 0) is 9.53 Å². The topological polar surface area (TPSA) is 78.9 Å². The molecule has 2 fully saturated rings. The highest BCUT2D eigenvalue weighted by Crippen LogP contribution is 2.44. The van der Waals surface area contributed by atoms with E-state index < -0.39 is 5.97 Å². The van der Waals surface area contributed by atoms with E-state index in [4.69, 9.17) is 9.84 Å². The summed E-state index contributed by atoms with van der Waals surface area (Å²) in [5.41, 5.74) is 0. The number of carbonyl (C=O) groups excluding carboxylic acids is 1. The number of urea groups is 1. The van der Waals surface area contributed by atoms with Crippen molar-refractivity contribution < 1.29 is 19.4 Å². The second-order valence-corrected chi connectivity index (χ2v) is 5.46. The van der Waals surface area contributed by atoms with Crippen molar-refractivity contribution in [1.29, 1.82) is 0 Å². The molecule has 2 amide bonds. The van der Waals surface area contributed by atoms with Crippen LogP contribution in [0.2, 0.25) is 0 Å². The van der Waals surface area contributed by atoms with E-state index in [1.807, 2.05) is 0 Å². The number of amides is 2. The summed E-state index contributed by atoms with van der Waals surface area (Å²) in [5.74, 6) is 0.205. The minimum Gasteiger partial charge on any atom is -0.480 e. The molecule has 6 heteroatoms. The van der Waals surface area contributed by atoms with Gasteiger partial charge in [0.2, 0.25) is 0 Å². The fourth-order valence-corrected chi connectivity index (χ4v) is 2.38. The first-order valence-corrected chi connectivity index (χ1v) is 6.88. The minimum absolute atomic E-state index is 0.242. The maximum absolute atomic E-state index is 12.2. The van der Waals surface area contributed by atoms with Crippen molar-refractivity contribution in [2.75, 3.05) is 26.8 Å². The van der Waals surface area contributed by atoms with Gasteiger partial charge in [0, 0.05) is 19.7 Å². The molecular weight excluding hydrogens is 248 g/mol. The maximum atomic E-state index is 12.2. The van der Waals surface area contributed by atoms with Crippen LogP contribution >= 0.6 is 0 Å². The predicted octanol–water partition coefficient (Wildman–Crippen LogP) is 0.918. The molecule has 2 aliphatic carbocycles. The number of aliphatic carboxylic acids is 1. The molecule has 0 aromatic heterocycles. The summed E-state index contributed by atoms with van der Waals surface area (Å²) in [7, 11) is 1.54. The largest absolute Gasteiger partial charge is 0.480 e. The van der Waals surface area contributed by atoms with Gasteiger partial charge in [-0.1, -0.05) is 0 Å². The van der Waals surface area contributed by atoms with Crippen LogP contribution in [0.4, 0.5) is 4.79 Å². The van der Waals surface area contributed by atoms with Gasteiger partial charge in [0.25, 0.3) is 0 Å². The average Bonchev–Trinajstić information content (AvgIpc) is 3.23. The van der Waals surface area contributed by atoms with E-state index in [-0.39, 0.29) is 18.6 Å². The van der Waals surface area contributed by atoms with Gasteiger partial charge in [-0.3, -0.25) is 4.79 Å². The zero-order valence-corrected chi connectivity index (χ0v) is 11.3. The van der Waals surface area contributed by atoms with Crippen LogP contribution in [-0.4, -0.2) is 54.9 Å². The first kappa shape index (κ1) is 14.1. The lowest BCUT2D eigenvalue weighted by molar-refractivity contribution is -0.137. The zero-order valence-electron chi connectivity index (χ0n) is 11.3. The third kappa shape index (κ3) is 4.38. The third-order valence-electron chi connectivity index (χ3n) is 3.73. The van der Waals surface area contributed by atoms with Gasteiger partial charge in [-0.25, -0.2) is 4.79 Å². The standard InChI is InChI=1S/C13H22N2O4/c1-19-7-6-15(8-11(16)17)13(18)14-12(9-2-3-9)10-4-5-10/h9-10,12H,2-8H2,1H3,(H,14,18)(H,16,17). The Morgan fingerprint density at radius 1 is 1.32 bits per heavy atom. The Morgan fingerprint density at radius 3 is 2.32 bits per heavy atom. The van der Waals surface area contributed by atoms with Crippen LogP contribution < -0.4 is 5.32 Å². The molecule has 108 valence electrons. The molecule has 2 N–H and O–H groups in total. The van der Waals surface area contributed by atoms with Crippen molar-refractivity contribution in [3.8, 4) is 0 Å². The molecule has 6 nitrogen and oxygen atoms in total.